The Kier molecular flexibility index (Phi) is 5.08. The summed E-state index contributed by atoms with van der Waals surface area (Å²) in [7, 11) is 1.60. The molecule has 1 fully saturated rings. The molecule has 0 bridgehead atoms. The van der Waals surface area contributed by atoms with E-state index >= 15 is 0 Å². The highest BCUT2D eigenvalue weighted by Crippen LogP contribution is 2.22. The van der Waals surface area contributed by atoms with Gasteiger partial charge in [-0.1, -0.05) is 0 Å². The van der Waals surface area contributed by atoms with E-state index in [9.17, 15) is 9.90 Å². The Morgan fingerprint density at radius 3 is 3.21 bits per heavy atom. The largest absolute Gasteiger partial charge is 0.383 e. The Morgan fingerprint density at radius 1 is 1.50 bits per heavy atom. The number of aliphatic hydroxyl groups is 1. The number of carbonyl (C=O) groups excluding carboxylic acids is 1. The molecule has 24 heavy (non-hydrogen) atoms. The lowest BCUT2D eigenvalue weighted by Gasteiger charge is -2.38. The van der Waals surface area contributed by atoms with E-state index in [2.05, 4.69) is 15.4 Å². The smallest absolute Gasteiger partial charge is 0.255 e. The van der Waals surface area contributed by atoms with Crippen molar-refractivity contribution in [3.8, 4) is 0 Å². The lowest BCUT2D eigenvalue weighted by molar-refractivity contribution is -0.157. The number of rotatable bonds is 7. The number of fused-ring (bicyclic) bond motifs is 1. The van der Waals surface area contributed by atoms with Crippen molar-refractivity contribution in [3.05, 3.63) is 30.2 Å². The first-order valence-electron chi connectivity index (χ1n) is 8.13. The molecule has 1 aliphatic rings. The Morgan fingerprint density at radius 2 is 2.38 bits per heavy atom. The SMILES string of the molecule is COCCN1CCC[C@](O)(CNCc2cnn3cccnc23)C1=O. The van der Waals surface area contributed by atoms with Crippen LogP contribution in [0.4, 0.5) is 0 Å². The Bertz CT molecular complexity index is 704. The number of ether oxygens (including phenoxy) is 1. The first-order chi connectivity index (χ1) is 11.6. The average molecular weight is 333 g/mol. The molecule has 1 amide bonds. The van der Waals surface area contributed by atoms with E-state index < -0.39 is 5.60 Å². The predicted octanol–water partition coefficient (Wildman–Crippen LogP) is -0.181. The third kappa shape index (κ3) is 3.40. The van der Waals surface area contributed by atoms with Crippen LogP contribution in [0.25, 0.3) is 5.65 Å². The van der Waals surface area contributed by atoms with Gasteiger partial charge in [-0.05, 0) is 18.9 Å². The molecule has 3 rings (SSSR count). The molecule has 0 aromatic carbocycles. The summed E-state index contributed by atoms with van der Waals surface area (Å²) in [4.78, 5) is 18.5. The van der Waals surface area contributed by atoms with E-state index in [4.69, 9.17) is 4.74 Å². The lowest BCUT2D eigenvalue weighted by Crippen LogP contribution is -2.58. The van der Waals surface area contributed by atoms with Gasteiger partial charge in [-0.15, -0.1) is 0 Å². The number of methoxy groups -OCH3 is 1. The standard InChI is InChI=1S/C16H23N5O3/c1-24-9-8-20-6-2-4-16(23,15(20)22)12-17-10-13-11-19-21-7-3-5-18-14(13)21/h3,5,7,11,17,23H,2,4,6,8-10,12H2,1H3/t16-/m0/s1. The molecule has 2 aromatic heterocycles. The summed E-state index contributed by atoms with van der Waals surface area (Å²) >= 11 is 0. The average Bonchev–Trinajstić information content (AvgIpc) is 3.00. The van der Waals surface area contributed by atoms with Gasteiger partial charge in [0.25, 0.3) is 5.91 Å². The van der Waals surface area contributed by atoms with Gasteiger partial charge in [0.2, 0.25) is 0 Å². The van der Waals surface area contributed by atoms with Crippen LogP contribution in [0.5, 0.6) is 0 Å². The first kappa shape index (κ1) is 16.8. The molecule has 130 valence electrons. The fourth-order valence-corrected chi connectivity index (χ4v) is 3.05. The molecule has 3 heterocycles. The van der Waals surface area contributed by atoms with Crippen molar-refractivity contribution in [1.82, 2.24) is 24.8 Å². The summed E-state index contributed by atoms with van der Waals surface area (Å²) in [5.74, 6) is -0.226. The van der Waals surface area contributed by atoms with E-state index in [0.29, 0.717) is 32.7 Å². The first-order valence-corrected chi connectivity index (χ1v) is 8.13. The van der Waals surface area contributed by atoms with Crippen molar-refractivity contribution < 1.29 is 14.6 Å². The zero-order chi connectivity index (χ0) is 17.0. The van der Waals surface area contributed by atoms with Crippen LogP contribution < -0.4 is 5.32 Å². The zero-order valence-corrected chi connectivity index (χ0v) is 13.8. The molecule has 0 saturated carbocycles. The van der Waals surface area contributed by atoms with Crippen LogP contribution in [0, 0.1) is 0 Å². The maximum atomic E-state index is 12.5. The number of carbonyl (C=O) groups is 1. The summed E-state index contributed by atoms with van der Waals surface area (Å²) in [6, 6.07) is 1.81. The molecule has 1 saturated heterocycles. The Balaban J connectivity index is 1.59. The van der Waals surface area contributed by atoms with Crippen LogP contribution in [-0.4, -0.2) is 69.5 Å². The summed E-state index contributed by atoms with van der Waals surface area (Å²) in [5.41, 5.74) is 0.343. The number of likely N-dealkylation sites (tertiary alicyclic amines) is 1. The molecule has 8 heteroatoms. The van der Waals surface area contributed by atoms with Gasteiger partial charge < -0.3 is 20.1 Å². The van der Waals surface area contributed by atoms with Crippen molar-refractivity contribution in [2.24, 2.45) is 0 Å². The van der Waals surface area contributed by atoms with E-state index in [1.807, 2.05) is 12.3 Å². The van der Waals surface area contributed by atoms with Crippen LogP contribution in [0.3, 0.4) is 0 Å². The molecule has 2 aromatic rings. The van der Waals surface area contributed by atoms with Gasteiger partial charge in [0.05, 0.1) is 12.8 Å². The third-order valence-electron chi connectivity index (χ3n) is 4.35. The fourth-order valence-electron chi connectivity index (χ4n) is 3.05. The second-order valence-corrected chi connectivity index (χ2v) is 6.08. The number of piperidine rings is 1. The number of aromatic nitrogens is 3. The van der Waals surface area contributed by atoms with Crippen LogP contribution >= 0.6 is 0 Å². The van der Waals surface area contributed by atoms with Gasteiger partial charge in [-0.2, -0.15) is 5.10 Å². The lowest BCUT2D eigenvalue weighted by atomic mass is 9.91. The van der Waals surface area contributed by atoms with Crippen LogP contribution in [0.15, 0.2) is 24.7 Å². The number of amides is 1. The van der Waals surface area contributed by atoms with Crippen molar-refractivity contribution in [3.63, 3.8) is 0 Å². The van der Waals surface area contributed by atoms with Crippen molar-refractivity contribution in [1.29, 1.82) is 0 Å². The highest BCUT2D eigenvalue weighted by atomic mass is 16.5. The van der Waals surface area contributed by atoms with Gasteiger partial charge in [-0.3, -0.25) is 4.79 Å². The van der Waals surface area contributed by atoms with Gasteiger partial charge >= 0.3 is 0 Å². The number of hydrogen-bond donors (Lipinski definition) is 2. The molecular weight excluding hydrogens is 310 g/mol. The number of nitrogens with zero attached hydrogens (tertiary/aromatic N) is 4. The molecule has 0 aliphatic carbocycles. The topological polar surface area (TPSA) is 92.0 Å². The minimum Gasteiger partial charge on any atom is -0.383 e. The monoisotopic (exact) mass is 333 g/mol. The molecule has 0 radical (unpaired) electrons. The molecule has 0 spiro atoms. The molecule has 1 atom stereocenters. The number of hydrogen-bond acceptors (Lipinski definition) is 6. The van der Waals surface area contributed by atoms with E-state index in [1.54, 1.807) is 28.9 Å². The van der Waals surface area contributed by atoms with E-state index in [1.165, 1.54) is 0 Å². The summed E-state index contributed by atoms with van der Waals surface area (Å²) in [5, 5.41) is 18.1. The van der Waals surface area contributed by atoms with Crippen LogP contribution in [-0.2, 0) is 16.1 Å². The zero-order valence-electron chi connectivity index (χ0n) is 13.8. The van der Waals surface area contributed by atoms with E-state index in [0.717, 1.165) is 17.6 Å². The normalized spacial score (nSPS) is 21.6. The summed E-state index contributed by atoms with van der Waals surface area (Å²) in [6.07, 6.45) is 6.54. The third-order valence-corrected chi connectivity index (χ3v) is 4.35. The minimum atomic E-state index is -1.36. The van der Waals surface area contributed by atoms with Crippen molar-refractivity contribution in [2.45, 2.75) is 25.0 Å². The Labute approximate surface area is 140 Å². The highest BCUT2D eigenvalue weighted by molar-refractivity contribution is 5.86. The maximum Gasteiger partial charge on any atom is 0.255 e. The fraction of sp³-hybridized carbons (Fsp3) is 0.562. The van der Waals surface area contributed by atoms with E-state index in [-0.39, 0.29) is 12.5 Å². The molecule has 1 aliphatic heterocycles. The maximum absolute atomic E-state index is 12.5. The minimum absolute atomic E-state index is 0.208. The summed E-state index contributed by atoms with van der Waals surface area (Å²) in [6.45, 7) is 2.36. The summed E-state index contributed by atoms with van der Waals surface area (Å²) < 4.78 is 6.72. The van der Waals surface area contributed by atoms with Gasteiger partial charge in [0, 0.05) is 51.2 Å². The molecule has 0 unspecified atom stereocenters. The van der Waals surface area contributed by atoms with Crippen molar-refractivity contribution >= 4 is 11.6 Å². The van der Waals surface area contributed by atoms with Gasteiger partial charge in [-0.25, -0.2) is 9.50 Å². The van der Waals surface area contributed by atoms with Crippen LogP contribution in [0.1, 0.15) is 18.4 Å². The van der Waals surface area contributed by atoms with Gasteiger partial charge in [0.15, 0.2) is 11.2 Å². The molecule has 8 nitrogen and oxygen atoms in total. The molecule has 2 N–H and O–H groups in total. The second kappa shape index (κ2) is 7.25. The number of nitrogens with one attached hydrogen (secondary N) is 1. The van der Waals surface area contributed by atoms with Crippen LogP contribution in [0.2, 0.25) is 0 Å². The predicted molar refractivity (Wildman–Crippen MR) is 87.3 cm³/mol. The van der Waals surface area contributed by atoms with Gasteiger partial charge in [0.1, 0.15) is 0 Å². The second-order valence-electron chi connectivity index (χ2n) is 6.08. The Hall–Kier alpha value is -2.03. The molecular formula is C16H23N5O3. The highest BCUT2D eigenvalue weighted by Gasteiger charge is 2.41. The van der Waals surface area contributed by atoms with Crippen molar-refractivity contribution in [2.75, 3.05) is 33.4 Å². The quantitative estimate of drug-likeness (QED) is 0.730.